The third-order valence-corrected chi connectivity index (χ3v) is 7.02. The standard InChI is InChI=1S/C26H33Cl2N3O4/c27-20-16-19(23(32)22(28)24(20)35-14-8-7-13-29)25(33)31-21(15-17-9-3-1-4-10-17)26(34)30-18-11-5-2-6-12-18/h1-6,9-12,19-24,32H,7-8,13-16,29H2,(H,30,34)(H,31,33)/t19?,20?,21-,22?,23?,24?/m0/s1. The monoisotopic (exact) mass is 521 g/mol. The summed E-state index contributed by atoms with van der Waals surface area (Å²) in [6.07, 6.45) is 0.288. The number of amides is 2. The van der Waals surface area contributed by atoms with E-state index in [9.17, 15) is 14.7 Å². The van der Waals surface area contributed by atoms with Crippen molar-refractivity contribution < 1.29 is 19.4 Å². The Morgan fingerprint density at radius 1 is 1.06 bits per heavy atom. The Kier molecular flexibility index (Phi) is 10.8. The molecule has 2 amide bonds. The van der Waals surface area contributed by atoms with Crippen LogP contribution >= 0.6 is 23.2 Å². The molecule has 1 aliphatic carbocycles. The Morgan fingerprint density at radius 3 is 2.37 bits per heavy atom. The van der Waals surface area contributed by atoms with Gasteiger partial charge in [-0.15, -0.1) is 23.2 Å². The number of unbranched alkanes of at least 4 members (excludes halogenated alkanes) is 1. The average Bonchev–Trinajstić information content (AvgIpc) is 2.86. The molecule has 6 atom stereocenters. The first-order chi connectivity index (χ1) is 16.9. The third-order valence-electron chi connectivity index (χ3n) is 6.09. The van der Waals surface area contributed by atoms with E-state index < -0.39 is 40.8 Å². The van der Waals surface area contributed by atoms with Gasteiger partial charge in [0, 0.05) is 18.7 Å². The summed E-state index contributed by atoms with van der Waals surface area (Å²) in [6.45, 7) is 0.992. The number of rotatable bonds is 11. The van der Waals surface area contributed by atoms with Gasteiger partial charge in [-0.2, -0.15) is 0 Å². The number of halogens is 2. The molecule has 0 bridgehead atoms. The van der Waals surface area contributed by atoms with Crippen molar-refractivity contribution in [2.75, 3.05) is 18.5 Å². The number of anilines is 1. The van der Waals surface area contributed by atoms with Crippen LogP contribution in [0.2, 0.25) is 0 Å². The van der Waals surface area contributed by atoms with Crippen molar-refractivity contribution in [1.82, 2.24) is 5.32 Å². The van der Waals surface area contributed by atoms with Crippen LogP contribution in [0.25, 0.3) is 0 Å². The fourth-order valence-electron chi connectivity index (χ4n) is 4.14. The Balaban J connectivity index is 1.68. The molecule has 2 aromatic carbocycles. The fraction of sp³-hybridized carbons (Fsp3) is 0.462. The van der Waals surface area contributed by atoms with E-state index in [1.54, 1.807) is 12.1 Å². The second-order valence-corrected chi connectivity index (χ2v) is 9.80. The highest BCUT2D eigenvalue weighted by Crippen LogP contribution is 2.34. The molecular weight excluding hydrogens is 489 g/mol. The third kappa shape index (κ3) is 7.92. The van der Waals surface area contributed by atoms with Gasteiger partial charge >= 0.3 is 0 Å². The second-order valence-electron chi connectivity index (χ2n) is 8.73. The Hall–Kier alpha value is -2.16. The first kappa shape index (κ1) is 27.4. The van der Waals surface area contributed by atoms with Crippen LogP contribution in [0.15, 0.2) is 60.7 Å². The minimum atomic E-state index is -1.17. The summed E-state index contributed by atoms with van der Waals surface area (Å²) in [5, 5.41) is 15.1. The molecule has 0 aromatic heterocycles. The zero-order chi connectivity index (χ0) is 25.2. The van der Waals surface area contributed by atoms with Gasteiger partial charge in [0.15, 0.2) is 0 Å². The number of aliphatic hydroxyl groups is 1. The first-order valence-corrected chi connectivity index (χ1v) is 12.8. The molecule has 0 aliphatic heterocycles. The zero-order valence-electron chi connectivity index (χ0n) is 19.5. The lowest BCUT2D eigenvalue weighted by Crippen LogP contribution is -2.56. The molecule has 9 heteroatoms. The van der Waals surface area contributed by atoms with Crippen LogP contribution in [-0.2, 0) is 20.7 Å². The number of nitrogens with two attached hydrogens (primary N) is 1. The predicted molar refractivity (Wildman–Crippen MR) is 139 cm³/mol. The molecule has 5 N–H and O–H groups in total. The molecule has 0 saturated heterocycles. The van der Waals surface area contributed by atoms with Crippen LogP contribution in [0.5, 0.6) is 0 Å². The summed E-state index contributed by atoms with van der Waals surface area (Å²) >= 11 is 13.0. The maximum atomic E-state index is 13.2. The number of hydrogen-bond acceptors (Lipinski definition) is 5. The van der Waals surface area contributed by atoms with Crippen molar-refractivity contribution in [2.45, 2.75) is 54.7 Å². The number of para-hydroxylation sites is 1. The summed E-state index contributed by atoms with van der Waals surface area (Å²) in [5.74, 6) is -1.70. The molecule has 7 nitrogen and oxygen atoms in total. The van der Waals surface area contributed by atoms with Gasteiger partial charge in [-0.05, 0) is 43.5 Å². The summed E-state index contributed by atoms with van der Waals surface area (Å²) in [5.41, 5.74) is 7.02. The highest BCUT2D eigenvalue weighted by molar-refractivity contribution is 6.25. The highest BCUT2D eigenvalue weighted by atomic mass is 35.5. The molecule has 1 aliphatic rings. The van der Waals surface area contributed by atoms with Gasteiger partial charge in [0.05, 0.1) is 28.9 Å². The number of benzene rings is 2. The van der Waals surface area contributed by atoms with Gasteiger partial charge in [0.2, 0.25) is 11.8 Å². The molecule has 190 valence electrons. The van der Waals surface area contributed by atoms with Gasteiger partial charge < -0.3 is 26.2 Å². The number of nitrogens with one attached hydrogen (secondary N) is 2. The molecule has 1 saturated carbocycles. The van der Waals surface area contributed by atoms with E-state index in [2.05, 4.69) is 10.6 Å². The summed E-state index contributed by atoms with van der Waals surface area (Å²) in [6, 6.07) is 17.6. The number of ether oxygens (including phenoxy) is 1. The number of carbonyl (C=O) groups is 2. The number of carbonyl (C=O) groups excluding carboxylic acids is 2. The Bertz CT molecular complexity index is 935. The van der Waals surface area contributed by atoms with E-state index in [0.717, 1.165) is 18.4 Å². The van der Waals surface area contributed by atoms with Crippen LogP contribution in [0.1, 0.15) is 24.8 Å². The topological polar surface area (TPSA) is 114 Å². The van der Waals surface area contributed by atoms with Crippen molar-refractivity contribution in [3.8, 4) is 0 Å². The lowest BCUT2D eigenvalue weighted by Gasteiger charge is -2.39. The minimum Gasteiger partial charge on any atom is -0.391 e. The maximum absolute atomic E-state index is 13.2. The van der Waals surface area contributed by atoms with Crippen molar-refractivity contribution >= 4 is 40.7 Å². The van der Waals surface area contributed by atoms with Crippen LogP contribution < -0.4 is 16.4 Å². The maximum Gasteiger partial charge on any atom is 0.247 e. The molecule has 0 radical (unpaired) electrons. The molecule has 3 rings (SSSR count). The van der Waals surface area contributed by atoms with Gasteiger partial charge in [0.25, 0.3) is 0 Å². The quantitative estimate of drug-likeness (QED) is 0.268. The van der Waals surface area contributed by atoms with E-state index in [1.807, 2.05) is 48.5 Å². The smallest absolute Gasteiger partial charge is 0.247 e. The molecular formula is C26H33Cl2N3O4. The predicted octanol–water partition coefficient (Wildman–Crippen LogP) is 3.07. The van der Waals surface area contributed by atoms with Gasteiger partial charge in [-0.25, -0.2) is 0 Å². The molecule has 0 spiro atoms. The van der Waals surface area contributed by atoms with Crippen molar-refractivity contribution in [1.29, 1.82) is 0 Å². The number of hydrogen-bond donors (Lipinski definition) is 4. The van der Waals surface area contributed by atoms with Crippen molar-refractivity contribution in [3.63, 3.8) is 0 Å². The molecule has 0 heterocycles. The summed E-state index contributed by atoms with van der Waals surface area (Å²) in [4.78, 5) is 26.3. The van der Waals surface area contributed by atoms with Gasteiger partial charge in [-0.1, -0.05) is 48.5 Å². The van der Waals surface area contributed by atoms with Crippen LogP contribution in [0.4, 0.5) is 5.69 Å². The van der Waals surface area contributed by atoms with Crippen molar-refractivity contribution in [2.24, 2.45) is 11.7 Å². The van der Waals surface area contributed by atoms with Gasteiger partial charge in [0.1, 0.15) is 6.04 Å². The molecule has 35 heavy (non-hydrogen) atoms. The van der Waals surface area contributed by atoms with E-state index >= 15 is 0 Å². The normalized spacial score (nSPS) is 25.0. The van der Waals surface area contributed by atoms with Crippen LogP contribution in [-0.4, -0.2) is 59.1 Å². The summed E-state index contributed by atoms with van der Waals surface area (Å²) < 4.78 is 5.80. The minimum absolute atomic E-state index is 0.178. The van der Waals surface area contributed by atoms with E-state index in [4.69, 9.17) is 33.7 Å². The molecule has 2 aromatic rings. The van der Waals surface area contributed by atoms with Gasteiger partial charge in [-0.3, -0.25) is 9.59 Å². The number of aliphatic hydroxyl groups excluding tert-OH is 1. The lowest BCUT2D eigenvalue weighted by molar-refractivity contribution is -0.135. The van der Waals surface area contributed by atoms with E-state index in [-0.39, 0.29) is 18.7 Å². The zero-order valence-corrected chi connectivity index (χ0v) is 21.0. The lowest BCUT2D eigenvalue weighted by atomic mass is 9.83. The van der Waals surface area contributed by atoms with Crippen LogP contribution in [0.3, 0.4) is 0 Å². The molecule has 5 unspecified atom stereocenters. The van der Waals surface area contributed by atoms with E-state index in [0.29, 0.717) is 18.8 Å². The Morgan fingerprint density at radius 2 is 1.71 bits per heavy atom. The number of alkyl halides is 2. The molecule has 1 fully saturated rings. The van der Waals surface area contributed by atoms with Crippen molar-refractivity contribution in [3.05, 3.63) is 66.2 Å². The van der Waals surface area contributed by atoms with Crippen LogP contribution in [0, 0.1) is 5.92 Å². The fourth-order valence-corrected chi connectivity index (χ4v) is 5.06. The Labute approximate surface area is 216 Å². The second kappa shape index (κ2) is 13.8. The average molecular weight is 522 g/mol. The highest BCUT2D eigenvalue weighted by Gasteiger charge is 2.46. The SMILES string of the molecule is NCCCCOC1C(Cl)CC(C(=O)N[C@@H](Cc2ccccc2)C(=O)Nc2ccccc2)C(O)C1Cl. The summed E-state index contributed by atoms with van der Waals surface area (Å²) in [7, 11) is 0. The largest absolute Gasteiger partial charge is 0.391 e. The first-order valence-electron chi connectivity index (χ1n) is 11.9. The van der Waals surface area contributed by atoms with E-state index in [1.165, 1.54) is 0 Å².